The minimum Gasteiger partial charge on any atom is -0.508 e. The molecule has 128 valence electrons. The summed E-state index contributed by atoms with van der Waals surface area (Å²) in [4.78, 5) is 2.06. The molecule has 0 saturated carbocycles. The number of nitrogens with zero attached hydrogens (tertiary/aromatic N) is 1. The Kier molecular flexibility index (Phi) is 9.51. The topological polar surface area (TPSA) is 54.0 Å². The van der Waals surface area contributed by atoms with Crippen LogP contribution in [0.1, 0.15) is 11.6 Å². The molecule has 1 heterocycles. The van der Waals surface area contributed by atoms with E-state index in [9.17, 15) is 9.50 Å². The van der Waals surface area contributed by atoms with E-state index >= 15 is 0 Å². The second kappa shape index (κ2) is 9.94. The van der Waals surface area contributed by atoms with Gasteiger partial charge in [-0.05, 0) is 0 Å². The molecule has 2 N–H and O–H groups in total. The van der Waals surface area contributed by atoms with Gasteiger partial charge in [0.15, 0.2) is 0 Å². The van der Waals surface area contributed by atoms with Gasteiger partial charge in [-0.25, -0.2) is 4.39 Å². The van der Waals surface area contributed by atoms with Gasteiger partial charge in [0.05, 0.1) is 25.8 Å². The van der Waals surface area contributed by atoms with E-state index in [2.05, 4.69) is 10.2 Å². The van der Waals surface area contributed by atoms with Gasteiger partial charge in [-0.2, -0.15) is 0 Å². The number of nitrogens with one attached hydrogen (secondary N) is 1. The number of hydrogen-bond donors (Lipinski definition) is 2. The summed E-state index contributed by atoms with van der Waals surface area (Å²) in [5, 5.41) is 12.9. The maximum atomic E-state index is 13.6. The van der Waals surface area contributed by atoms with Crippen LogP contribution in [0, 0.1) is 0 Å². The van der Waals surface area contributed by atoms with Gasteiger partial charge >= 0.3 is 0 Å². The van der Waals surface area contributed by atoms with Gasteiger partial charge in [-0.15, -0.1) is 24.8 Å². The number of phenolic OH excluding ortho intramolecular Hbond substituents is 1. The third kappa shape index (κ3) is 4.52. The molecule has 1 atom stereocenters. The normalized spacial score (nSPS) is 16.1. The molecule has 1 saturated heterocycles. The molecule has 2 rings (SSSR count). The summed E-state index contributed by atoms with van der Waals surface area (Å²) in [6.07, 6.45) is 0. The molecule has 5 nitrogen and oxygen atoms in total. The number of hydrogen-bond acceptors (Lipinski definition) is 5. The molecule has 1 aliphatic rings. The molecule has 22 heavy (non-hydrogen) atoms. The lowest BCUT2D eigenvalue weighted by Crippen LogP contribution is -2.45. The first kappa shape index (κ1) is 21.0. The number of methoxy groups -OCH3 is 2. The molecule has 1 aromatic rings. The number of ether oxygens (including phenoxy) is 2. The first-order valence-corrected chi connectivity index (χ1v) is 6.66. The van der Waals surface area contributed by atoms with Crippen molar-refractivity contribution in [2.45, 2.75) is 6.04 Å². The summed E-state index contributed by atoms with van der Waals surface area (Å²) >= 11 is 0. The maximum absolute atomic E-state index is 13.6. The largest absolute Gasteiger partial charge is 0.508 e. The molecule has 0 aliphatic carbocycles. The van der Waals surface area contributed by atoms with Crippen molar-refractivity contribution in [2.24, 2.45) is 0 Å². The molecule has 8 heteroatoms. The molecule has 0 spiro atoms. The van der Waals surface area contributed by atoms with E-state index in [1.165, 1.54) is 26.4 Å². The molecule has 1 aliphatic heterocycles. The van der Waals surface area contributed by atoms with E-state index < -0.39 is 12.7 Å². The third-order valence-corrected chi connectivity index (χ3v) is 3.60. The molecule has 0 aromatic heterocycles. The Hall–Kier alpha value is -0.950. The van der Waals surface area contributed by atoms with Gasteiger partial charge in [0.25, 0.3) is 0 Å². The highest BCUT2D eigenvalue weighted by Crippen LogP contribution is 2.40. The van der Waals surface area contributed by atoms with Gasteiger partial charge in [-0.1, -0.05) is 0 Å². The van der Waals surface area contributed by atoms with E-state index in [1.807, 2.05) is 0 Å². The Morgan fingerprint density at radius 3 is 2.09 bits per heavy atom. The highest BCUT2D eigenvalue weighted by atomic mass is 35.5. The average Bonchev–Trinajstić information content (AvgIpc) is 2.49. The lowest BCUT2D eigenvalue weighted by Gasteiger charge is -2.34. The van der Waals surface area contributed by atoms with Crippen LogP contribution >= 0.6 is 24.8 Å². The van der Waals surface area contributed by atoms with Crippen LogP contribution in [-0.4, -0.2) is 57.1 Å². The molecule has 0 bridgehead atoms. The molecule has 1 fully saturated rings. The lowest BCUT2D eigenvalue weighted by atomic mass is 10.0. The SMILES string of the molecule is COc1cc(O)cc(OC)c1[C@H](CF)N1CCNCC1.Cl.Cl. The number of alkyl halides is 1. The monoisotopic (exact) mass is 356 g/mol. The van der Waals surface area contributed by atoms with Crippen LogP contribution in [0.4, 0.5) is 4.39 Å². The van der Waals surface area contributed by atoms with Crippen molar-refractivity contribution < 1.29 is 19.0 Å². The summed E-state index contributed by atoms with van der Waals surface area (Å²) in [6, 6.07) is 2.55. The molecule has 0 unspecified atom stereocenters. The van der Waals surface area contributed by atoms with Crippen molar-refractivity contribution in [2.75, 3.05) is 47.1 Å². The number of phenols is 1. The highest BCUT2D eigenvalue weighted by molar-refractivity contribution is 5.85. The van der Waals surface area contributed by atoms with Gasteiger partial charge in [0.1, 0.15) is 23.9 Å². The van der Waals surface area contributed by atoms with Gasteiger partial charge < -0.3 is 19.9 Å². The zero-order valence-corrected chi connectivity index (χ0v) is 14.3. The fraction of sp³-hybridized carbons (Fsp3) is 0.571. The average molecular weight is 357 g/mol. The summed E-state index contributed by atoms with van der Waals surface area (Å²) in [6.45, 7) is 2.67. The minimum absolute atomic E-state index is 0. The van der Waals surface area contributed by atoms with E-state index in [0.29, 0.717) is 17.1 Å². The molecule has 1 aromatic carbocycles. The van der Waals surface area contributed by atoms with E-state index in [4.69, 9.17) is 9.47 Å². The van der Waals surface area contributed by atoms with E-state index in [1.54, 1.807) is 0 Å². The molecule has 0 radical (unpaired) electrons. The Bertz CT molecular complexity index is 435. The number of benzene rings is 1. The highest BCUT2D eigenvalue weighted by Gasteiger charge is 2.28. The van der Waals surface area contributed by atoms with Crippen LogP contribution in [-0.2, 0) is 0 Å². The molecular formula is C14H23Cl2FN2O3. The van der Waals surface area contributed by atoms with Crippen LogP contribution < -0.4 is 14.8 Å². The standard InChI is InChI=1S/C14H21FN2O3.2ClH/c1-19-12-7-10(18)8-13(20-2)14(12)11(9-15)17-5-3-16-4-6-17;;/h7-8,11,16,18H,3-6,9H2,1-2H3;2*1H/t11-;;/m0../s1. The zero-order valence-electron chi connectivity index (χ0n) is 12.7. The van der Waals surface area contributed by atoms with E-state index in [0.717, 1.165) is 26.2 Å². The number of rotatable bonds is 5. The smallest absolute Gasteiger partial charge is 0.131 e. The fourth-order valence-electron chi connectivity index (χ4n) is 2.60. The first-order valence-electron chi connectivity index (χ1n) is 6.66. The van der Waals surface area contributed by atoms with Crippen LogP contribution in [0.15, 0.2) is 12.1 Å². The van der Waals surface area contributed by atoms with Gasteiger partial charge in [0, 0.05) is 38.3 Å². The van der Waals surface area contributed by atoms with Crippen molar-refractivity contribution in [1.29, 1.82) is 0 Å². The minimum atomic E-state index is -0.530. The number of piperazine rings is 1. The van der Waals surface area contributed by atoms with Gasteiger partial charge in [0.2, 0.25) is 0 Å². The Balaban J connectivity index is 0.00000220. The van der Waals surface area contributed by atoms with E-state index in [-0.39, 0.29) is 30.6 Å². The van der Waals surface area contributed by atoms with Crippen molar-refractivity contribution in [3.63, 3.8) is 0 Å². The number of aromatic hydroxyl groups is 1. The van der Waals surface area contributed by atoms with Crippen molar-refractivity contribution in [3.05, 3.63) is 17.7 Å². The fourth-order valence-corrected chi connectivity index (χ4v) is 2.60. The third-order valence-electron chi connectivity index (χ3n) is 3.60. The Labute approximate surface area is 142 Å². The van der Waals surface area contributed by atoms with Crippen LogP contribution in [0.25, 0.3) is 0 Å². The summed E-state index contributed by atoms with van der Waals surface area (Å²) in [7, 11) is 3.01. The number of halogens is 3. The Morgan fingerprint density at radius 1 is 1.18 bits per heavy atom. The van der Waals surface area contributed by atoms with Gasteiger partial charge in [-0.3, -0.25) is 4.90 Å². The Morgan fingerprint density at radius 2 is 1.68 bits per heavy atom. The summed E-state index contributed by atoms with van der Waals surface area (Å²) in [5.74, 6) is 0.937. The van der Waals surface area contributed by atoms with Crippen molar-refractivity contribution >= 4 is 24.8 Å². The predicted octanol–water partition coefficient (Wildman–Crippen LogP) is 2.17. The van der Waals surface area contributed by atoms with Crippen molar-refractivity contribution in [3.8, 4) is 17.2 Å². The second-order valence-electron chi connectivity index (χ2n) is 4.72. The lowest BCUT2D eigenvalue weighted by molar-refractivity contribution is 0.142. The predicted molar refractivity (Wildman–Crippen MR) is 88.9 cm³/mol. The first-order chi connectivity index (χ1) is 9.71. The van der Waals surface area contributed by atoms with Crippen LogP contribution in [0.5, 0.6) is 17.2 Å². The molecular weight excluding hydrogens is 334 g/mol. The summed E-state index contributed by atoms with van der Waals surface area (Å²) < 4.78 is 24.2. The molecule has 0 amide bonds. The zero-order chi connectivity index (χ0) is 14.5. The van der Waals surface area contributed by atoms with Crippen molar-refractivity contribution in [1.82, 2.24) is 10.2 Å². The summed E-state index contributed by atoms with van der Waals surface area (Å²) in [5.41, 5.74) is 0.650. The van der Waals surface area contributed by atoms with Crippen LogP contribution in [0.3, 0.4) is 0 Å². The second-order valence-corrected chi connectivity index (χ2v) is 4.72. The quantitative estimate of drug-likeness (QED) is 0.846. The van der Waals surface area contributed by atoms with Crippen LogP contribution in [0.2, 0.25) is 0 Å². The maximum Gasteiger partial charge on any atom is 0.131 e.